The van der Waals surface area contributed by atoms with E-state index in [0.29, 0.717) is 16.5 Å². The Bertz CT molecular complexity index is 642. The zero-order valence-electron chi connectivity index (χ0n) is 12.5. The lowest BCUT2D eigenvalue weighted by Gasteiger charge is -2.25. The van der Waals surface area contributed by atoms with Gasteiger partial charge in [0.2, 0.25) is 0 Å². The molecule has 0 bridgehead atoms. The summed E-state index contributed by atoms with van der Waals surface area (Å²) in [6.45, 7) is 3.34. The normalized spacial score (nSPS) is 10.9. The first-order valence-electron chi connectivity index (χ1n) is 6.53. The highest BCUT2D eigenvalue weighted by atomic mass is 35.5. The lowest BCUT2D eigenvalue weighted by Crippen LogP contribution is -2.42. The van der Waals surface area contributed by atoms with Crippen molar-refractivity contribution in [3.8, 4) is 11.8 Å². The second-order valence-corrected chi connectivity index (χ2v) is 5.42. The lowest BCUT2D eigenvalue weighted by molar-refractivity contribution is -0.128. The van der Waals surface area contributed by atoms with Crippen molar-refractivity contribution in [1.82, 2.24) is 9.97 Å². The minimum atomic E-state index is -1.08. The van der Waals surface area contributed by atoms with Gasteiger partial charge in [-0.2, -0.15) is 0 Å². The molecule has 0 aliphatic heterocycles. The summed E-state index contributed by atoms with van der Waals surface area (Å²) in [6, 6.07) is 7.03. The fraction of sp³-hybridized carbons (Fsp3) is 0.267. The summed E-state index contributed by atoms with van der Waals surface area (Å²) in [7, 11) is 1.47. The van der Waals surface area contributed by atoms with E-state index in [0.717, 1.165) is 0 Å². The summed E-state index contributed by atoms with van der Waals surface area (Å²) < 4.78 is 10.6. The van der Waals surface area contributed by atoms with Gasteiger partial charge in [0, 0.05) is 5.02 Å². The first-order chi connectivity index (χ1) is 10.4. The molecule has 6 nitrogen and oxygen atoms in total. The Morgan fingerprint density at radius 3 is 2.32 bits per heavy atom. The van der Waals surface area contributed by atoms with Crippen molar-refractivity contribution < 1.29 is 14.3 Å². The van der Waals surface area contributed by atoms with Crippen molar-refractivity contribution in [3.63, 3.8) is 0 Å². The van der Waals surface area contributed by atoms with Crippen molar-refractivity contribution in [2.45, 2.75) is 19.4 Å². The summed E-state index contributed by atoms with van der Waals surface area (Å²) in [5, 5.41) is 3.30. The molecule has 0 atom stereocenters. The third-order valence-corrected chi connectivity index (χ3v) is 3.05. The molecule has 2 aromatic rings. The van der Waals surface area contributed by atoms with Crippen LogP contribution in [0, 0.1) is 0 Å². The topological polar surface area (TPSA) is 73.3 Å². The number of carbonyl (C=O) groups is 1. The van der Waals surface area contributed by atoms with Gasteiger partial charge in [-0.05, 0) is 38.1 Å². The van der Waals surface area contributed by atoms with Crippen LogP contribution in [0.15, 0.2) is 36.7 Å². The monoisotopic (exact) mass is 321 g/mol. The van der Waals surface area contributed by atoms with Crippen molar-refractivity contribution in [2.75, 3.05) is 12.4 Å². The van der Waals surface area contributed by atoms with Crippen LogP contribution >= 0.6 is 11.6 Å². The molecule has 1 N–H and O–H groups in total. The van der Waals surface area contributed by atoms with Crippen molar-refractivity contribution in [2.24, 2.45) is 0 Å². The predicted octanol–water partition coefficient (Wildman–Crippen LogP) is 2.93. The molecule has 116 valence electrons. The number of hydrogen-bond donors (Lipinski definition) is 1. The standard InChI is InChI=1S/C15H16ClN3O3/c1-15(2,22-12-6-4-10(16)5-7-12)13(20)19-11-8-17-14(21-3)18-9-11/h4-9H,1-3H3,(H,19,20). The third kappa shape index (κ3) is 4.08. The van der Waals surface area contributed by atoms with Gasteiger partial charge in [0.05, 0.1) is 25.2 Å². The highest BCUT2D eigenvalue weighted by molar-refractivity contribution is 6.30. The van der Waals surface area contributed by atoms with Gasteiger partial charge in [0.25, 0.3) is 5.91 Å². The number of amides is 1. The van der Waals surface area contributed by atoms with Crippen LogP contribution in [-0.4, -0.2) is 28.6 Å². The maximum atomic E-state index is 12.3. The van der Waals surface area contributed by atoms with Gasteiger partial charge in [0.15, 0.2) is 5.60 Å². The van der Waals surface area contributed by atoms with Crippen LogP contribution in [-0.2, 0) is 4.79 Å². The zero-order valence-corrected chi connectivity index (χ0v) is 13.2. The van der Waals surface area contributed by atoms with Gasteiger partial charge >= 0.3 is 6.01 Å². The van der Waals surface area contributed by atoms with E-state index in [1.54, 1.807) is 38.1 Å². The molecule has 1 aromatic carbocycles. The van der Waals surface area contributed by atoms with E-state index in [4.69, 9.17) is 21.1 Å². The number of hydrogen-bond acceptors (Lipinski definition) is 5. The van der Waals surface area contributed by atoms with E-state index in [-0.39, 0.29) is 11.9 Å². The van der Waals surface area contributed by atoms with Crippen LogP contribution in [0.3, 0.4) is 0 Å². The number of carbonyl (C=O) groups excluding carboxylic acids is 1. The molecule has 0 spiro atoms. The summed E-state index contributed by atoms with van der Waals surface area (Å²) in [4.78, 5) is 20.2. The number of aromatic nitrogens is 2. The van der Waals surface area contributed by atoms with E-state index >= 15 is 0 Å². The molecule has 0 aliphatic rings. The Labute approximate surface area is 133 Å². The van der Waals surface area contributed by atoms with E-state index in [1.807, 2.05) is 0 Å². The Balaban J connectivity index is 2.04. The van der Waals surface area contributed by atoms with Gasteiger partial charge in [-0.3, -0.25) is 4.79 Å². The van der Waals surface area contributed by atoms with Gasteiger partial charge in [0.1, 0.15) is 5.75 Å². The third-order valence-electron chi connectivity index (χ3n) is 2.80. The molecule has 0 aliphatic carbocycles. The Morgan fingerprint density at radius 1 is 1.18 bits per heavy atom. The van der Waals surface area contributed by atoms with E-state index < -0.39 is 5.60 Å². The van der Waals surface area contributed by atoms with E-state index in [1.165, 1.54) is 19.5 Å². The van der Waals surface area contributed by atoms with Gasteiger partial charge in [-0.15, -0.1) is 0 Å². The molecule has 0 unspecified atom stereocenters. The van der Waals surface area contributed by atoms with Crippen LogP contribution in [0.25, 0.3) is 0 Å². The Hall–Kier alpha value is -2.34. The molecular formula is C15H16ClN3O3. The smallest absolute Gasteiger partial charge is 0.316 e. The van der Waals surface area contributed by atoms with Crippen LogP contribution in [0.1, 0.15) is 13.8 Å². The van der Waals surface area contributed by atoms with Gasteiger partial charge in [-0.25, -0.2) is 9.97 Å². The second-order valence-electron chi connectivity index (χ2n) is 4.98. The van der Waals surface area contributed by atoms with Crippen LogP contribution in [0.5, 0.6) is 11.8 Å². The fourth-order valence-electron chi connectivity index (χ4n) is 1.61. The number of ether oxygens (including phenoxy) is 2. The van der Waals surface area contributed by atoms with Crippen molar-refractivity contribution in [3.05, 3.63) is 41.7 Å². The molecule has 1 aromatic heterocycles. The first-order valence-corrected chi connectivity index (χ1v) is 6.90. The van der Waals surface area contributed by atoms with Crippen molar-refractivity contribution in [1.29, 1.82) is 0 Å². The average molecular weight is 322 g/mol. The Kier molecular flexibility index (Phi) is 4.82. The SMILES string of the molecule is COc1ncc(NC(=O)C(C)(C)Oc2ccc(Cl)cc2)cn1. The van der Waals surface area contributed by atoms with Crippen LogP contribution < -0.4 is 14.8 Å². The molecule has 0 saturated carbocycles. The number of rotatable bonds is 5. The van der Waals surface area contributed by atoms with Gasteiger partial charge in [-0.1, -0.05) is 11.6 Å². The fourth-order valence-corrected chi connectivity index (χ4v) is 1.74. The molecule has 7 heteroatoms. The summed E-state index contributed by atoms with van der Waals surface area (Å²) in [5.41, 5.74) is -0.619. The van der Waals surface area contributed by atoms with Crippen molar-refractivity contribution >= 4 is 23.2 Å². The molecule has 22 heavy (non-hydrogen) atoms. The number of anilines is 1. The van der Waals surface area contributed by atoms with Gasteiger partial charge < -0.3 is 14.8 Å². The number of methoxy groups -OCH3 is 1. The summed E-state index contributed by atoms with van der Waals surface area (Å²) >= 11 is 5.82. The van der Waals surface area contributed by atoms with Crippen LogP contribution in [0.4, 0.5) is 5.69 Å². The van der Waals surface area contributed by atoms with E-state index in [2.05, 4.69) is 15.3 Å². The number of nitrogens with one attached hydrogen (secondary N) is 1. The first kappa shape index (κ1) is 16.0. The summed E-state index contributed by atoms with van der Waals surface area (Å²) in [5.74, 6) is 0.228. The molecule has 0 saturated heterocycles. The Morgan fingerprint density at radius 2 is 1.77 bits per heavy atom. The molecule has 1 heterocycles. The second kappa shape index (κ2) is 6.62. The number of benzene rings is 1. The average Bonchev–Trinajstić information content (AvgIpc) is 2.50. The highest BCUT2D eigenvalue weighted by Gasteiger charge is 2.30. The maximum Gasteiger partial charge on any atom is 0.316 e. The molecule has 2 rings (SSSR count). The van der Waals surface area contributed by atoms with Crippen LogP contribution in [0.2, 0.25) is 5.02 Å². The van der Waals surface area contributed by atoms with E-state index in [9.17, 15) is 4.79 Å². The molecule has 1 amide bonds. The lowest BCUT2D eigenvalue weighted by atomic mass is 10.1. The minimum Gasteiger partial charge on any atom is -0.478 e. The maximum absolute atomic E-state index is 12.3. The zero-order chi connectivity index (χ0) is 16.2. The predicted molar refractivity (Wildman–Crippen MR) is 83.4 cm³/mol. The number of halogens is 1. The number of nitrogens with zero attached hydrogens (tertiary/aromatic N) is 2. The molecule has 0 fully saturated rings. The highest BCUT2D eigenvalue weighted by Crippen LogP contribution is 2.22. The minimum absolute atomic E-state index is 0.231. The molecule has 0 radical (unpaired) electrons. The largest absolute Gasteiger partial charge is 0.478 e. The quantitative estimate of drug-likeness (QED) is 0.916. The molecular weight excluding hydrogens is 306 g/mol. The summed E-state index contributed by atoms with van der Waals surface area (Å²) in [6.07, 6.45) is 2.92.